The quantitative estimate of drug-likeness (QED) is 0.400. The normalized spacial score (nSPS) is 12.1. The first-order valence-electron chi connectivity index (χ1n) is 10.2. The van der Waals surface area contributed by atoms with Gasteiger partial charge in [0.15, 0.2) is 0 Å². The van der Waals surface area contributed by atoms with Gasteiger partial charge in [0.2, 0.25) is 5.91 Å². The molecule has 0 radical (unpaired) electrons. The topological polar surface area (TPSA) is 46.9 Å². The third-order valence-electron chi connectivity index (χ3n) is 5.21. The second kappa shape index (κ2) is 9.14. The molecular formula is C25H24ClN3O. The molecule has 0 aliphatic carbocycles. The first-order chi connectivity index (χ1) is 14.6. The number of aromatic nitrogens is 2. The maximum absolute atomic E-state index is 12.4. The summed E-state index contributed by atoms with van der Waals surface area (Å²) >= 11 is 6.24. The maximum Gasteiger partial charge on any atom is 0.220 e. The minimum Gasteiger partial charge on any atom is -0.350 e. The Labute approximate surface area is 181 Å². The number of fused-ring (bicyclic) bond motifs is 1. The SMILES string of the molecule is C[C@H](NC(=O)CCCn1nc(-c2ccccc2)c2cc(Cl)ccc21)c1ccccc1. The molecule has 0 saturated carbocycles. The minimum atomic E-state index is -0.00365. The summed E-state index contributed by atoms with van der Waals surface area (Å²) in [4.78, 5) is 12.4. The first-order valence-corrected chi connectivity index (χ1v) is 10.6. The Morgan fingerprint density at radius 2 is 1.73 bits per heavy atom. The zero-order valence-electron chi connectivity index (χ0n) is 16.9. The van der Waals surface area contributed by atoms with Crippen molar-refractivity contribution in [3.8, 4) is 11.3 Å². The van der Waals surface area contributed by atoms with E-state index in [1.807, 2.05) is 90.5 Å². The Morgan fingerprint density at radius 3 is 2.47 bits per heavy atom. The number of aryl methyl sites for hydroxylation is 1. The highest BCUT2D eigenvalue weighted by atomic mass is 35.5. The number of carbonyl (C=O) groups is 1. The predicted octanol–water partition coefficient (Wildman–Crippen LogP) is 6.01. The van der Waals surface area contributed by atoms with Gasteiger partial charge in [-0.1, -0.05) is 72.3 Å². The van der Waals surface area contributed by atoms with Gasteiger partial charge in [-0.25, -0.2) is 0 Å². The summed E-state index contributed by atoms with van der Waals surface area (Å²) in [5.74, 6) is 0.0501. The average Bonchev–Trinajstić information content (AvgIpc) is 3.12. The molecule has 0 aliphatic heterocycles. The van der Waals surface area contributed by atoms with E-state index in [-0.39, 0.29) is 11.9 Å². The Kier molecular flexibility index (Phi) is 6.15. The molecule has 1 N–H and O–H groups in total. The van der Waals surface area contributed by atoms with Crippen molar-refractivity contribution < 1.29 is 4.79 Å². The molecule has 0 fully saturated rings. The first kappa shape index (κ1) is 20.2. The number of hydrogen-bond donors (Lipinski definition) is 1. The van der Waals surface area contributed by atoms with Gasteiger partial charge in [-0.15, -0.1) is 0 Å². The monoisotopic (exact) mass is 417 g/mol. The van der Waals surface area contributed by atoms with Crippen molar-refractivity contribution >= 4 is 28.4 Å². The fraction of sp³-hybridized carbons (Fsp3) is 0.200. The molecule has 0 spiro atoms. The highest BCUT2D eigenvalue weighted by Crippen LogP contribution is 2.30. The van der Waals surface area contributed by atoms with Crippen LogP contribution in [-0.4, -0.2) is 15.7 Å². The zero-order valence-corrected chi connectivity index (χ0v) is 17.6. The van der Waals surface area contributed by atoms with Crippen LogP contribution < -0.4 is 5.32 Å². The van der Waals surface area contributed by atoms with Crippen molar-refractivity contribution in [2.75, 3.05) is 0 Å². The second-order valence-electron chi connectivity index (χ2n) is 7.40. The lowest BCUT2D eigenvalue weighted by atomic mass is 10.1. The molecule has 1 aromatic heterocycles. The van der Waals surface area contributed by atoms with E-state index in [1.165, 1.54) is 0 Å². The van der Waals surface area contributed by atoms with Gasteiger partial charge in [0.25, 0.3) is 0 Å². The fourth-order valence-electron chi connectivity index (χ4n) is 3.66. The lowest BCUT2D eigenvalue weighted by molar-refractivity contribution is -0.121. The number of carbonyl (C=O) groups excluding carboxylic acids is 1. The highest BCUT2D eigenvalue weighted by Gasteiger charge is 2.14. The Balaban J connectivity index is 1.45. The summed E-state index contributed by atoms with van der Waals surface area (Å²) < 4.78 is 1.97. The molecular weight excluding hydrogens is 394 g/mol. The van der Waals surface area contributed by atoms with Gasteiger partial charge in [-0.2, -0.15) is 5.10 Å². The van der Waals surface area contributed by atoms with Crippen LogP contribution in [0.4, 0.5) is 0 Å². The summed E-state index contributed by atoms with van der Waals surface area (Å²) in [5, 5.41) is 9.62. The Hall–Kier alpha value is -3.11. The van der Waals surface area contributed by atoms with Crippen molar-refractivity contribution in [2.24, 2.45) is 0 Å². The van der Waals surface area contributed by atoms with Crippen molar-refractivity contribution in [1.29, 1.82) is 0 Å². The molecule has 4 aromatic rings. The van der Waals surface area contributed by atoms with Crippen LogP contribution in [0.1, 0.15) is 31.4 Å². The van der Waals surface area contributed by atoms with E-state index in [1.54, 1.807) is 0 Å². The van der Waals surface area contributed by atoms with Crippen molar-refractivity contribution in [1.82, 2.24) is 15.1 Å². The molecule has 0 aliphatic rings. The molecule has 0 bridgehead atoms. The van der Waals surface area contributed by atoms with Crippen LogP contribution in [0, 0.1) is 0 Å². The Bertz CT molecular complexity index is 1140. The van der Waals surface area contributed by atoms with E-state index in [2.05, 4.69) is 5.32 Å². The van der Waals surface area contributed by atoms with Crippen molar-refractivity contribution in [2.45, 2.75) is 32.4 Å². The molecule has 1 atom stereocenters. The summed E-state index contributed by atoms with van der Waals surface area (Å²) in [6.07, 6.45) is 1.16. The van der Waals surface area contributed by atoms with Crippen LogP contribution in [-0.2, 0) is 11.3 Å². The fourth-order valence-corrected chi connectivity index (χ4v) is 3.83. The van der Waals surface area contributed by atoms with Crippen LogP contribution in [0.2, 0.25) is 5.02 Å². The smallest absolute Gasteiger partial charge is 0.220 e. The number of rotatable bonds is 7. The van der Waals surface area contributed by atoms with Gasteiger partial charge in [-0.05, 0) is 37.1 Å². The van der Waals surface area contributed by atoms with Gasteiger partial charge in [0, 0.05) is 28.9 Å². The molecule has 3 aromatic carbocycles. The second-order valence-corrected chi connectivity index (χ2v) is 7.84. The summed E-state index contributed by atoms with van der Waals surface area (Å²) in [6.45, 7) is 2.67. The number of amides is 1. The molecule has 4 rings (SSSR count). The van der Waals surface area contributed by atoms with Crippen molar-refractivity contribution in [3.63, 3.8) is 0 Å². The van der Waals surface area contributed by atoms with Gasteiger partial charge in [-0.3, -0.25) is 9.48 Å². The van der Waals surface area contributed by atoms with Gasteiger partial charge < -0.3 is 5.32 Å². The Morgan fingerprint density at radius 1 is 1.03 bits per heavy atom. The number of hydrogen-bond acceptors (Lipinski definition) is 2. The van der Waals surface area contributed by atoms with E-state index < -0.39 is 0 Å². The molecule has 5 heteroatoms. The largest absolute Gasteiger partial charge is 0.350 e. The van der Waals surface area contributed by atoms with Crippen LogP contribution >= 0.6 is 11.6 Å². The molecule has 30 heavy (non-hydrogen) atoms. The molecule has 4 nitrogen and oxygen atoms in total. The van der Waals surface area contributed by atoms with E-state index in [0.717, 1.165) is 27.7 Å². The standard InChI is InChI=1S/C25H24ClN3O/c1-18(19-9-4-2-5-10-19)27-24(30)13-8-16-29-23-15-14-21(26)17-22(23)25(28-29)20-11-6-3-7-12-20/h2-7,9-12,14-15,17-18H,8,13,16H2,1H3,(H,27,30)/t18-/m0/s1. The van der Waals surface area contributed by atoms with Crippen molar-refractivity contribution in [3.05, 3.63) is 89.4 Å². The van der Waals surface area contributed by atoms with Gasteiger partial charge in [0.1, 0.15) is 5.69 Å². The molecule has 0 saturated heterocycles. The maximum atomic E-state index is 12.4. The van der Waals surface area contributed by atoms with Crippen LogP contribution in [0.25, 0.3) is 22.2 Å². The third kappa shape index (κ3) is 4.55. The minimum absolute atomic E-state index is 0.00365. The van der Waals surface area contributed by atoms with E-state index >= 15 is 0 Å². The average molecular weight is 418 g/mol. The number of halogens is 1. The third-order valence-corrected chi connectivity index (χ3v) is 5.45. The number of nitrogens with zero attached hydrogens (tertiary/aromatic N) is 2. The number of nitrogens with one attached hydrogen (secondary N) is 1. The highest BCUT2D eigenvalue weighted by molar-refractivity contribution is 6.31. The van der Waals surface area contributed by atoms with Gasteiger partial charge >= 0.3 is 0 Å². The van der Waals surface area contributed by atoms with Gasteiger partial charge in [0.05, 0.1) is 11.6 Å². The van der Waals surface area contributed by atoms with Crippen LogP contribution in [0.15, 0.2) is 78.9 Å². The lowest BCUT2D eigenvalue weighted by Crippen LogP contribution is -2.26. The molecule has 1 amide bonds. The van der Waals surface area contributed by atoms with Crippen LogP contribution in [0.3, 0.4) is 0 Å². The zero-order chi connectivity index (χ0) is 20.9. The van der Waals surface area contributed by atoms with Crippen LogP contribution in [0.5, 0.6) is 0 Å². The van der Waals surface area contributed by atoms with E-state index in [0.29, 0.717) is 24.4 Å². The molecule has 0 unspecified atom stereocenters. The molecule has 1 heterocycles. The lowest BCUT2D eigenvalue weighted by Gasteiger charge is -2.14. The van der Waals surface area contributed by atoms with E-state index in [4.69, 9.17) is 16.7 Å². The summed E-state index contributed by atoms with van der Waals surface area (Å²) in [6, 6.07) is 25.9. The predicted molar refractivity (Wildman–Crippen MR) is 122 cm³/mol. The summed E-state index contributed by atoms with van der Waals surface area (Å²) in [7, 11) is 0. The van der Waals surface area contributed by atoms with E-state index in [9.17, 15) is 4.79 Å². The number of benzene rings is 3. The molecule has 152 valence electrons. The summed E-state index contributed by atoms with van der Waals surface area (Å²) in [5.41, 5.74) is 4.10.